The minimum atomic E-state index is -1.62. The van der Waals surface area contributed by atoms with Crippen molar-refractivity contribution in [1.82, 2.24) is 4.98 Å². The molecule has 27 heavy (non-hydrogen) atoms. The number of carboxylic acid groups (broad SMARTS) is 1. The second-order valence-corrected chi connectivity index (χ2v) is 6.20. The smallest absolute Gasteiger partial charge is 0.372 e. The van der Waals surface area contributed by atoms with E-state index in [-0.39, 0.29) is 6.54 Å². The molecule has 1 N–H and O–H groups in total. The average molecular weight is 362 g/mol. The number of fused-ring (bicyclic) bond motifs is 1. The summed E-state index contributed by atoms with van der Waals surface area (Å²) in [4.78, 5) is 40.7. The van der Waals surface area contributed by atoms with E-state index in [9.17, 15) is 14.4 Å². The fourth-order valence-corrected chi connectivity index (χ4v) is 2.80. The number of benzene rings is 2. The van der Waals surface area contributed by atoms with E-state index in [0.717, 1.165) is 16.3 Å². The second kappa shape index (κ2) is 7.78. The summed E-state index contributed by atoms with van der Waals surface area (Å²) >= 11 is 0. The highest BCUT2D eigenvalue weighted by Gasteiger charge is 2.23. The van der Waals surface area contributed by atoms with Crippen molar-refractivity contribution in [2.24, 2.45) is 0 Å². The van der Waals surface area contributed by atoms with Crippen LogP contribution >= 0.6 is 0 Å². The first kappa shape index (κ1) is 18.3. The molecule has 0 atom stereocenters. The first-order chi connectivity index (χ1) is 12.9. The number of rotatable bonds is 6. The molecule has 0 saturated heterocycles. The lowest BCUT2D eigenvalue weighted by molar-refractivity contribution is -0.150. The van der Waals surface area contributed by atoms with E-state index in [0.29, 0.717) is 11.5 Å². The van der Waals surface area contributed by atoms with Gasteiger partial charge in [0.15, 0.2) is 0 Å². The van der Waals surface area contributed by atoms with Crippen molar-refractivity contribution in [3.63, 3.8) is 0 Å². The largest absolute Gasteiger partial charge is 0.475 e. The third kappa shape index (κ3) is 4.36. The number of aliphatic carboxylic acids is 1. The summed E-state index contributed by atoms with van der Waals surface area (Å²) in [6, 6.07) is 18.9. The number of carboxylic acids is 1. The first-order valence-corrected chi connectivity index (χ1v) is 8.42. The van der Waals surface area contributed by atoms with E-state index in [1.807, 2.05) is 42.5 Å². The van der Waals surface area contributed by atoms with Gasteiger partial charge < -0.3 is 5.11 Å². The molecular formula is C21H18N2O4. The van der Waals surface area contributed by atoms with Crippen molar-refractivity contribution in [2.45, 2.75) is 19.9 Å². The van der Waals surface area contributed by atoms with Crippen LogP contribution in [0, 0.1) is 6.92 Å². The van der Waals surface area contributed by atoms with Gasteiger partial charge >= 0.3 is 5.97 Å². The summed E-state index contributed by atoms with van der Waals surface area (Å²) in [6.45, 7) is 1.98. The Hall–Kier alpha value is -3.54. The van der Waals surface area contributed by atoms with Gasteiger partial charge in [0, 0.05) is 5.69 Å². The van der Waals surface area contributed by atoms with Crippen LogP contribution < -0.4 is 4.90 Å². The van der Waals surface area contributed by atoms with Gasteiger partial charge in [-0.15, -0.1) is 0 Å². The number of carbonyl (C=O) groups is 3. The van der Waals surface area contributed by atoms with Crippen LogP contribution in [0.25, 0.3) is 10.8 Å². The van der Waals surface area contributed by atoms with Crippen LogP contribution in [0.3, 0.4) is 0 Å². The number of aryl methyl sites for hydroxylation is 1. The van der Waals surface area contributed by atoms with Gasteiger partial charge in [-0.25, -0.2) is 9.78 Å². The Bertz CT molecular complexity index is 1030. The van der Waals surface area contributed by atoms with E-state index in [4.69, 9.17) is 5.11 Å². The molecule has 0 unspecified atom stereocenters. The number of pyridine rings is 1. The predicted molar refractivity (Wildman–Crippen MR) is 101 cm³/mol. The Labute approximate surface area is 156 Å². The molecular weight excluding hydrogens is 344 g/mol. The Morgan fingerprint density at radius 1 is 0.963 bits per heavy atom. The minimum Gasteiger partial charge on any atom is -0.475 e. The maximum Gasteiger partial charge on any atom is 0.372 e. The lowest BCUT2D eigenvalue weighted by Crippen LogP contribution is -2.34. The van der Waals surface area contributed by atoms with E-state index in [2.05, 4.69) is 4.98 Å². The molecule has 136 valence electrons. The molecule has 0 fully saturated rings. The summed E-state index contributed by atoms with van der Waals surface area (Å²) in [7, 11) is 0. The van der Waals surface area contributed by atoms with E-state index < -0.39 is 24.1 Å². The van der Waals surface area contributed by atoms with Crippen molar-refractivity contribution in [3.8, 4) is 0 Å². The fraction of sp³-hybridized carbons (Fsp3) is 0.143. The lowest BCUT2D eigenvalue weighted by Gasteiger charge is -2.22. The topological polar surface area (TPSA) is 87.6 Å². The molecule has 0 aliphatic heterocycles. The minimum absolute atomic E-state index is 0.188. The highest BCUT2D eigenvalue weighted by Crippen LogP contribution is 2.20. The molecule has 0 aliphatic carbocycles. The zero-order valence-corrected chi connectivity index (χ0v) is 14.8. The molecule has 0 saturated carbocycles. The highest BCUT2D eigenvalue weighted by molar-refractivity contribution is 6.36. The normalized spacial score (nSPS) is 10.6. The lowest BCUT2D eigenvalue weighted by atomic mass is 10.1. The van der Waals surface area contributed by atoms with Crippen molar-refractivity contribution in [1.29, 1.82) is 0 Å². The quantitative estimate of drug-likeness (QED) is 0.538. The number of Topliss-reactive ketones (excluding diaryl/α,β-unsaturated/α-hetero) is 1. The molecule has 2 aromatic carbocycles. The Balaban J connectivity index is 1.94. The molecule has 0 bridgehead atoms. The van der Waals surface area contributed by atoms with Gasteiger partial charge in [-0.3, -0.25) is 14.5 Å². The number of carbonyl (C=O) groups excluding carboxylic acids is 2. The molecule has 1 aromatic heterocycles. The van der Waals surface area contributed by atoms with Crippen molar-refractivity contribution in [3.05, 3.63) is 71.9 Å². The number of hydrogen-bond acceptors (Lipinski definition) is 4. The van der Waals surface area contributed by atoms with Crippen LogP contribution in [0.1, 0.15) is 17.7 Å². The Morgan fingerprint density at radius 2 is 1.70 bits per heavy atom. The Kier molecular flexibility index (Phi) is 5.26. The molecule has 3 aromatic rings. The zero-order chi connectivity index (χ0) is 19.4. The highest BCUT2D eigenvalue weighted by atomic mass is 16.4. The van der Waals surface area contributed by atoms with Crippen LogP contribution in [-0.4, -0.2) is 27.8 Å². The summed E-state index contributed by atoms with van der Waals surface area (Å²) in [5.74, 6) is -2.98. The van der Waals surface area contributed by atoms with Crippen molar-refractivity contribution < 1.29 is 19.5 Å². The summed E-state index contributed by atoms with van der Waals surface area (Å²) in [6.07, 6.45) is -0.710. The SMILES string of the molecule is Cc1cccc(N(Cc2ccc3ccccc3c2)C(=O)CC(=O)C(=O)O)n1. The van der Waals surface area contributed by atoms with Gasteiger partial charge in [-0.05, 0) is 41.5 Å². The third-order valence-electron chi connectivity index (χ3n) is 4.16. The van der Waals surface area contributed by atoms with Crippen LogP contribution in [0.2, 0.25) is 0 Å². The maximum absolute atomic E-state index is 12.6. The molecule has 0 spiro atoms. The molecule has 0 radical (unpaired) electrons. The average Bonchev–Trinajstić information content (AvgIpc) is 2.65. The Morgan fingerprint density at radius 3 is 2.41 bits per heavy atom. The van der Waals surface area contributed by atoms with Gasteiger partial charge in [0.1, 0.15) is 5.82 Å². The molecule has 1 amide bonds. The maximum atomic E-state index is 12.6. The zero-order valence-electron chi connectivity index (χ0n) is 14.8. The van der Waals surface area contributed by atoms with Gasteiger partial charge in [0.25, 0.3) is 0 Å². The first-order valence-electron chi connectivity index (χ1n) is 8.42. The number of ketones is 1. The molecule has 6 heteroatoms. The summed E-state index contributed by atoms with van der Waals surface area (Å²) in [5.41, 5.74) is 1.57. The molecule has 0 aliphatic rings. The summed E-state index contributed by atoms with van der Waals surface area (Å²) < 4.78 is 0. The number of anilines is 1. The molecule has 3 rings (SSSR count). The monoisotopic (exact) mass is 362 g/mol. The van der Waals surface area contributed by atoms with E-state index in [1.54, 1.807) is 25.1 Å². The van der Waals surface area contributed by atoms with Gasteiger partial charge in [0.05, 0.1) is 13.0 Å². The van der Waals surface area contributed by atoms with E-state index >= 15 is 0 Å². The van der Waals surface area contributed by atoms with Crippen molar-refractivity contribution >= 4 is 34.3 Å². The van der Waals surface area contributed by atoms with Crippen LogP contribution in [0.4, 0.5) is 5.82 Å². The fourth-order valence-electron chi connectivity index (χ4n) is 2.80. The van der Waals surface area contributed by atoms with Gasteiger partial charge in [-0.2, -0.15) is 0 Å². The predicted octanol–water partition coefficient (Wildman–Crippen LogP) is 3.12. The van der Waals surface area contributed by atoms with E-state index in [1.165, 1.54) is 4.90 Å². The third-order valence-corrected chi connectivity index (χ3v) is 4.16. The van der Waals surface area contributed by atoms with Crippen LogP contribution in [0.5, 0.6) is 0 Å². The standard InChI is InChI=1S/C21H18N2O4/c1-14-5-4-8-19(22-14)23(20(25)12-18(24)21(26)27)13-15-9-10-16-6-2-3-7-17(16)11-15/h2-11H,12-13H2,1H3,(H,26,27). The second-order valence-electron chi connectivity index (χ2n) is 6.20. The number of nitrogens with zero attached hydrogens (tertiary/aromatic N) is 2. The summed E-state index contributed by atoms with van der Waals surface area (Å²) in [5, 5.41) is 10.9. The van der Waals surface area contributed by atoms with Crippen molar-refractivity contribution in [2.75, 3.05) is 4.90 Å². The molecule has 1 heterocycles. The molecule has 6 nitrogen and oxygen atoms in total. The van der Waals surface area contributed by atoms with Crippen LogP contribution in [-0.2, 0) is 20.9 Å². The number of amides is 1. The van der Waals surface area contributed by atoms with Crippen LogP contribution in [0.15, 0.2) is 60.7 Å². The number of hydrogen-bond donors (Lipinski definition) is 1. The van der Waals surface area contributed by atoms with Gasteiger partial charge in [0.2, 0.25) is 11.7 Å². The van der Waals surface area contributed by atoms with Gasteiger partial charge in [-0.1, -0.05) is 42.5 Å². The number of aromatic nitrogens is 1.